The summed E-state index contributed by atoms with van der Waals surface area (Å²) >= 11 is 0. The quantitative estimate of drug-likeness (QED) is 0.287. The van der Waals surface area contributed by atoms with Crippen molar-refractivity contribution in [3.05, 3.63) is 60.7 Å². The van der Waals surface area contributed by atoms with Gasteiger partial charge in [-0.05, 0) is 47.8 Å². The van der Waals surface area contributed by atoms with Gasteiger partial charge in [0.15, 0.2) is 0 Å². The van der Waals surface area contributed by atoms with E-state index in [9.17, 15) is 19.2 Å². The zero-order chi connectivity index (χ0) is 32.2. The predicted octanol–water partition coefficient (Wildman–Crippen LogP) is 4.13. The number of nitrogens with zero attached hydrogens (tertiary/aromatic N) is 4. The summed E-state index contributed by atoms with van der Waals surface area (Å²) in [5, 5.41) is 11.7. The second-order valence-corrected chi connectivity index (χ2v) is 12.5. The van der Waals surface area contributed by atoms with Crippen LogP contribution in [0.15, 0.2) is 60.7 Å². The van der Waals surface area contributed by atoms with Gasteiger partial charge in [-0.25, -0.2) is 0 Å². The fourth-order valence-corrected chi connectivity index (χ4v) is 6.45. The number of amides is 4. The Morgan fingerprint density at radius 1 is 0.500 bits per heavy atom. The van der Waals surface area contributed by atoms with Crippen LogP contribution in [0.1, 0.15) is 25.7 Å². The Morgan fingerprint density at radius 3 is 1.22 bits per heavy atom. The number of benzene rings is 4. The largest absolute Gasteiger partial charge is 0.340 e. The molecule has 6 rings (SSSR count). The summed E-state index contributed by atoms with van der Waals surface area (Å²) in [7, 11) is 4.09. The minimum atomic E-state index is -0.203. The fourth-order valence-electron chi connectivity index (χ4n) is 6.45. The van der Waals surface area contributed by atoms with Crippen molar-refractivity contribution in [3.63, 3.8) is 0 Å². The maximum atomic E-state index is 13.1. The zero-order valence-corrected chi connectivity index (χ0v) is 26.7. The van der Waals surface area contributed by atoms with E-state index in [0.29, 0.717) is 37.6 Å². The van der Waals surface area contributed by atoms with E-state index < -0.39 is 0 Å². The Bertz CT molecular complexity index is 1660. The molecule has 2 N–H and O–H groups in total. The van der Waals surface area contributed by atoms with Crippen LogP contribution < -0.4 is 10.6 Å². The number of hydrogen-bond donors (Lipinski definition) is 2. The molecule has 10 heteroatoms. The summed E-state index contributed by atoms with van der Waals surface area (Å²) < 4.78 is 0. The van der Waals surface area contributed by atoms with E-state index in [1.54, 1.807) is 0 Å². The molecule has 0 spiro atoms. The average molecular weight is 623 g/mol. The van der Waals surface area contributed by atoms with Gasteiger partial charge in [-0.1, -0.05) is 48.5 Å². The van der Waals surface area contributed by atoms with Crippen LogP contribution in [0.2, 0.25) is 0 Å². The molecule has 4 amide bonds. The number of carbonyl (C=O) groups is 4. The van der Waals surface area contributed by atoms with Crippen molar-refractivity contribution >= 4 is 67.3 Å². The van der Waals surface area contributed by atoms with Crippen molar-refractivity contribution in [2.24, 2.45) is 0 Å². The predicted molar refractivity (Wildman–Crippen MR) is 183 cm³/mol. The number of nitrogens with one attached hydrogen (secondary N) is 2. The normalized spacial score (nSPS) is 16.2. The minimum Gasteiger partial charge on any atom is -0.340 e. The van der Waals surface area contributed by atoms with Crippen LogP contribution in [0.3, 0.4) is 0 Å². The maximum absolute atomic E-state index is 13.1. The first-order valence-electron chi connectivity index (χ1n) is 16.2. The van der Waals surface area contributed by atoms with Gasteiger partial charge in [0.25, 0.3) is 0 Å². The molecule has 0 aliphatic carbocycles. The van der Waals surface area contributed by atoms with Gasteiger partial charge in [-0.15, -0.1) is 0 Å². The first kappa shape index (κ1) is 31.4. The SMILES string of the molecule is CN1CCN(C(=O)CCC(=O)Nc2cc3c4ccccc4c(NC(=O)CCC(=O)N4CCN(C)CC4)cc3c3ccccc23)CC1. The van der Waals surface area contributed by atoms with Crippen LogP contribution in [0.4, 0.5) is 11.4 Å². The molecule has 46 heavy (non-hydrogen) atoms. The van der Waals surface area contributed by atoms with Gasteiger partial charge in [-0.2, -0.15) is 0 Å². The average Bonchev–Trinajstić information content (AvgIpc) is 3.07. The van der Waals surface area contributed by atoms with E-state index in [0.717, 1.165) is 58.5 Å². The van der Waals surface area contributed by atoms with Gasteiger partial charge in [-0.3, -0.25) is 19.2 Å². The standard InChI is InChI=1S/C36H42N6O4/c1-39-15-19-41(20-16-39)35(45)13-11-33(43)37-31-23-29-26-8-4-6-10-28(26)32(24-30(29)25-7-3-5-9-27(25)31)38-34(44)12-14-36(46)42-21-17-40(2)18-22-42/h3-10,23-24H,11-22H2,1-2H3,(H,37,43)(H,38,44). The molecule has 2 fully saturated rings. The lowest BCUT2D eigenvalue weighted by molar-refractivity contribution is -0.134. The highest BCUT2D eigenvalue weighted by atomic mass is 16.2. The number of carbonyl (C=O) groups excluding carboxylic acids is 4. The Hall–Kier alpha value is -4.54. The number of likely N-dealkylation sites (N-methyl/N-ethyl adjacent to an activating group) is 2. The fraction of sp³-hybridized carbons (Fsp3) is 0.389. The summed E-state index contributed by atoms with van der Waals surface area (Å²) in [5.41, 5.74) is 1.37. The number of rotatable bonds is 8. The van der Waals surface area contributed by atoms with Crippen LogP contribution in [-0.4, -0.2) is 110 Å². The summed E-state index contributed by atoms with van der Waals surface area (Å²) in [6.07, 6.45) is 0.573. The van der Waals surface area contributed by atoms with Crippen molar-refractivity contribution in [2.75, 3.05) is 77.1 Å². The second kappa shape index (κ2) is 13.8. The van der Waals surface area contributed by atoms with Gasteiger partial charge >= 0.3 is 0 Å². The van der Waals surface area contributed by atoms with Crippen LogP contribution >= 0.6 is 0 Å². The lowest BCUT2D eigenvalue weighted by Crippen LogP contribution is -2.47. The molecule has 0 unspecified atom stereocenters. The molecule has 240 valence electrons. The van der Waals surface area contributed by atoms with Crippen LogP contribution in [0, 0.1) is 0 Å². The molecule has 2 heterocycles. The van der Waals surface area contributed by atoms with Crippen molar-refractivity contribution < 1.29 is 19.2 Å². The third kappa shape index (κ3) is 6.98. The molecule has 0 bridgehead atoms. The van der Waals surface area contributed by atoms with E-state index in [-0.39, 0.29) is 49.3 Å². The van der Waals surface area contributed by atoms with Gasteiger partial charge in [0, 0.05) is 100 Å². The number of fused-ring (bicyclic) bond motifs is 5. The van der Waals surface area contributed by atoms with Crippen LogP contribution in [0.25, 0.3) is 32.3 Å². The van der Waals surface area contributed by atoms with Gasteiger partial charge < -0.3 is 30.2 Å². The summed E-state index contributed by atoms with van der Waals surface area (Å²) in [6.45, 7) is 6.14. The first-order chi connectivity index (χ1) is 22.3. The summed E-state index contributed by atoms with van der Waals surface area (Å²) in [6, 6.07) is 19.7. The number of hydrogen-bond acceptors (Lipinski definition) is 6. The van der Waals surface area contributed by atoms with Crippen molar-refractivity contribution in [2.45, 2.75) is 25.7 Å². The van der Waals surface area contributed by atoms with Gasteiger partial charge in [0.1, 0.15) is 0 Å². The molecule has 4 aromatic carbocycles. The van der Waals surface area contributed by atoms with Crippen molar-refractivity contribution in [1.29, 1.82) is 0 Å². The lowest BCUT2D eigenvalue weighted by atomic mass is 9.94. The second-order valence-electron chi connectivity index (χ2n) is 12.5. The van der Waals surface area contributed by atoms with E-state index in [1.165, 1.54) is 0 Å². The third-order valence-corrected chi connectivity index (χ3v) is 9.27. The Morgan fingerprint density at radius 2 is 0.848 bits per heavy atom. The Kier molecular flexibility index (Phi) is 9.46. The molecule has 2 aliphatic rings. The van der Waals surface area contributed by atoms with Gasteiger partial charge in [0.2, 0.25) is 23.6 Å². The highest BCUT2D eigenvalue weighted by Gasteiger charge is 2.22. The molecule has 0 aromatic heterocycles. The van der Waals surface area contributed by atoms with E-state index in [4.69, 9.17) is 0 Å². The molecular formula is C36H42N6O4. The Balaban J connectivity index is 1.22. The van der Waals surface area contributed by atoms with E-state index in [1.807, 2.05) is 84.6 Å². The van der Waals surface area contributed by atoms with Gasteiger partial charge in [0.05, 0.1) is 0 Å². The first-order valence-corrected chi connectivity index (χ1v) is 16.2. The lowest BCUT2D eigenvalue weighted by Gasteiger charge is -2.32. The molecule has 2 aliphatic heterocycles. The highest BCUT2D eigenvalue weighted by molar-refractivity contribution is 6.24. The van der Waals surface area contributed by atoms with Crippen LogP contribution in [0.5, 0.6) is 0 Å². The topological polar surface area (TPSA) is 105 Å². The molecule has 0 saturated carbocycles. The maximum Gasteiger partial charge on any atom is 0.224 e. The number of anilines is 2. The Labute approximate surface area is 269 Å². The minimum absolute atomic E-state index is 0.0101. The molecular weight excluding hydrogens is 580 g/mol. The van der Waals surface area contributed by atoms with Crippen molar-refractivity contribution in [3.8, 4) is 0 Å². The third-order valence-electron chi connectivity index (χ3n) is 9.27. The van der Waals surface area contributed by atoms with Crippen LogP contribution in [-0.2, 0) is 19.2 Å². The van der Waals surface area contributed by atoms with E-state index >= 15 is 0 Å². The molecule has 0 atom stereocenters. The molecule has 2 saturated heterocycles. The smallest absolute Gasteiger partial charge is 0.224 e. The monoisotopic (exact) mass is 622 g/mol. The molecule has 0 radical (unpaired) electrons. The molecule has 4 aromatic rings. The van der Waals surface area contributed by atoms with E-state index in [2.05, 4.69) is 20.4 Å². The summed E-state index contributed by atoms with van der Waals surface area (Å²) in [5.74, 6) is -0.385. The summed E-state index contributed by atoms with van der Waals surface area (Å²) in [4.78, 5) is 59.8. The highest BCUT2D eigenvalue weighted by Crippen LogP contribution is 2.39. The number of piperazine rings is 2. The molecule has 10 nitrogen and oxygen atoms in total. The zero-order valence-electron chi connectivity index (χ0n) is 26.7. The van der Waals surface area contributed by atoms with Crippen molar-refractivity contribution in [1.82, 2.24) is 19.6 Å².